The van der Waals surface area contributed by atoms with Gasteiger partial charge in [0.15, 0.2) is 0 Å². The van der Waals surface area contributed by atoms with E-state index in [4.69, 9.17) is 4.74 Å². The van der Waals surface area contributed by atoms with Crippen molar-refractivity contribution in [2.24, 2.45) is 0 Å². The van der Waals surface area contributed by atoms with Crippen LogP contribution in [0.15, 0.2) is 30.3 Å². The second kappa shape index (κ2) is 6.19. The summed E-state index contributed by atoms with van der Waals surface area (Å²) in [5.74, 6) is -1.42. The third-order valence-corrected chi connectivity index (χ3v) is 3.82. The number of alkyl halides is 3. The van der Waals surface area contributed by atoms with Gasteiger partial charge in [0.1, 0.15) is 0 Å². The molecule has 1 aromatic carbocycles. The standard InChI is InChI=1S/C14H19F3O3Si/c1-19-13(14(15,16)17,11-8-6-5-7-9-11)12(18)20-10-21(2,3)4/h5-9H,10H2,1-4H3/t13-/m1/s1. The van der Waals surface area contributed by atoms with Crippen molar-refractivity contribution in [3.05, 3.63) is 35.9 Å². The van der Waals surface area contributed by atoms with Crippen molar-refractivity contribution in [2.45, 2.75) is 31.4 Å². The molecule has 0 bridgehead atoms. The summed E-state index contributed by atoms with van der Waals surface area (Å²) in [6.45, 7) is 5.68. The van der Waals surface area contributed by atoms with E-state index >= 15 is 0 Å². The lowest BCUT2D eigenvalue weighted by molar-refractivity contribution is -0.275. The zero-order valence-electron chi connectivity index (χ0n) is 12.5. The molecule has 3 nitrogen and oxygen atoms in total. The van der Waals surface area contributed by atoms with Crippen LogP contribution in [0.5, 0.6) is 0 Å². The summed E-state index contributed by atoms with van der Waals surface area (Å²) in [4.78, 5) is 12.1. The second-order valence-corrected chi connectivity index (χ2v) is 11.3. The number of carbonyl (C=O) groups excluding carboxylic acids is 1. The van der Waals surface area contributed by atoms with E-state index in [9.17, 15) is 18.0 Å². The SMILES string of the molecule is CO[C@@](C(=O)OC[Si](C)(C)C)(c1ccccc1)C(F)(F)F. The Morgan fingerprint density at radius 1 is 1.14 bits per heavy atom. The Morgan fingerprint density at radius 3 is 2.05 bits per heavy atom. The monoisotopic (exact) mass is 320 g/mol. The van der Waals surface area contributed by atoms with Crippen LogP contribution in [0.3, 0.4) is 0 Å². The molecule has 0 aromatic heterocycles. The number of carbonyl (C=O) groups is 1. The number of hydrogen-bond acceptors (Lipinski definition) is 3. The fourth-order valence-electron chi connectivity index (χ4n) is 1.77. The smallest absolute Gasteiger partial charge is 0.432 e. The summed E-state index contributed by atoms with van der Waals surface area (Å²) in [5.41, 5.74) is -3.38. The average molecular weight is 320 g/mol. The molecule has 0 amide bonds. The highest BCUT2D eigenvalue weighted by Crippen LogP contribution is 2.43. The molecule has 0 radical (unpaired) electrons. The van der Waals surface area contributed by atoms with Crippen LogP contribution in [0.4, 0.5) is 13.2 Å². The van der Waals surface area contributed by atoms with Gasteiger partial charge in [-0.3, -0.25) is 0 Å². The van der Waals surface area contributed by atoms with Crippen molar-refractivity contribution in [1.29, 1.82) is 0 Å². The maximum absolute atomic E-state index is 13.5. The van der Waals surface area contributed by atoms with Crippen LogP contribution in [-0.2, 0) is 19.9 Å². The number of esters is 1. The number of methoxy groups -OCH3 is 1. The lowest BCUT2D eigenvalue weighted by Gasteiger charge is -2.33. The number of halogens is 3. The lowest BCUT2D eigenvalue weighted by Crippen LogP contribution is -2.52. The summed E-state index contributed by atoms with van der Waals surface area (Å²) in [7, 11) is -0.980. The van der Waals surface area contributed by atoms with E-state index < -0.39 is 25.8 Å². The molecule has 0 saturated carbocycles. The van der Waals surface area contributed by atoms with Crippen molar-refractivity contribution in [3.8, 4) is 0 Å². The minimum Gasteiger partial charge on any atom is -0.467 e. The fourth-order valence-corrected chi connectivity index (χ4v) is 2.33. The van der Waals surface area contributed by atoms with Crippen molar-refractivity contribution in [1.82, 2.24) is 0 Å². The fraction of sp³-hybridized carbons (Fsp3) is 0.500. The molecule has 7 heteroatoms. The van der Waals surface area contributed by atoms with E-state index in [1.807, 2.05) is 19.6 Å². The van der Waals surface area contributed by atoms with Gasteiger partial charge in [-0.05, 0) is 0 Å². The summed E-state index contributed by atoms with van der Waals surface area (Å²) in [6, 6.07) is 6.80. The first-order valence-corrected chi connectivity index (χ1v) is 10.1. The highest BCUT2D eigenvalue weighted by atomic mass is 28.3. The maximum Gasteiger partial charge on any atom is 0.432 e. The molecule has 118 valence electrons. The number of hydrogen-bond donors (Lipinski definition) is 0. The molecule has 1 rings (SSSR count). The van der Waals surface area contributed by atoms with Gasteiger partial charge >= 0.3 is 12.1 Å². The predicted octanol–water partition coefficient (Wildman–Crippen LogP) is 3.51. The van der Waals surface area contributed by atoms with Gasteiger partial charge in [0.25, 0.3) is 5.60 Å². The molecular weight excluding hydrogens is 301 g/mol. The average Bonchev–Trinajstić information content (AvgIpc) is 2.36. The van der Waals surface area contributed by atoms with Crippen LogP contribution in [0, 0.1) is 0 Å². The summed E-state index contributed by atoms with van der Waals surface area (Å²) < 4.78 is 50.1. The van der Waals surface area contributed by atoms with E-state index in [1.54, 1.807) is 6.07 Å². The molecule has 1 atom stereocenters. The summed E-state index contributed by atoms with van der Waals surface area (Å²) >= 11 is 0. The van der Waals surface area contributed by atoms with E-state index in [-0.39, 0.29) is 11.8 Å². The molecule has 21 heavy (non-hydrogen) atoms. The third kappa shape index (κ3) is 3.85. The van der Waals surface area contributed by atoms with Crippen molar-refractivity contribution >= 4 is 14.0 Å². The van der Waals surface area contributed by atoms with Gasteiger partial charge in [-0.1, -0.05) is 50.0 Å². The first kappa shape index (κ1) is 17.7. The summed E-state index contributed by atoms with van der Waals surface area (Å²) in [6.07, 6.45) is -4.92. The number of ether oxygens (including phenoxy) is 2. The highest BCUT2D eigenvalue weighted by Gasteiger charge is 2.64. The van der Waals surface area contributed by atoms with Gasteiger partial charge in [0, 0.05) is 12.7 Å². The van der Waals surface area contributed by atoms with Gasteiger partial charge < -0.3 is 9.47 Å². The van der Waals surface area contributed by atoms with Gasteiger partial charge in [0.2, 0.25) is 0 Å². The summed E-state index contributed by atoms with van der Waals surface area (Å²) in [5, 5.41) is 0. The minimum absolute atomic E-state index is 0.000142. The Labute approximate surface area is 123 Å². The lowest BCUT2D eigenvalue weighted by atomic mass is 9.93. The Morgan fingerprint density at radius 2 is 1.67 bits per heavy atom. The molecule has 1 aromatic rings. The van der Waals surface area contributed by atoms with E-state index in [2.05, 4.69) is 4.74 Å². The van der Waals surface area contributed by atoms with E-state index in [0.717, 1.165) is 7.11 Å². The molecule has 0 aliphatic carbocycles. The Kier molecular flexibility index (Phi) is 5.22. The normalized spacial score (nSPS) is 15.4. The molecular formula is C14H19F3O3Si. The molecule has 0 aliphatic rings. The maximum atomic E-state index is 13.5. The minimum atomic E-state index is -4.92. The zero-order valence-corrected chi connectivity index (χ0v) is 13.5. The van der Waals surface area contributed by atoms with Crippen molar-refractivity contribution in [2.75, 3.05) is 13.3 Å². The molecule has 0 unspecified atom stereocenters. The molecule has 0 saturated heterocycles. The quantitative estimate of drug-likeness (QED) is 0.615. The van der Waals surface area contributed by atoms with Gasteiger partial charge in [-0.2, -0.15) is 13.2 Å². The van der Waals surface area contributed by atoms with E-state index in [1.165, 1.54) is 24.3 Å². The third-order valence-electron chi connectivity index (χ3n) is 2.81. The first-order valence-electron chi connectivity index (χ1n) is 6.39. The van der Waals surface area contributed by atoms with E-state index in [0.29, 0.717) is 0 Å². The van der Waals surface area contributed by atoms with Crippen LogP contribution in [0.1, 0.15) is 5.56 Å². The van der Waals surface area contributed by atoms with Crippen LogP contribution >= 0.6 is 0 Å². The molecule has 0 N–H and O–H groups in total. The first-order chi connectivity index (χ1) is 9.54. The number of benzene rings is 1. The predicted molar refractivity (Wildman–Crippen MR) is 75.5 cm³/mol. The van der Waals surface area contributed by atoms with Gasteiger partial charge in [-0.25, -0.2) is 4.79 Å². The topological polar surface area (TPSA) is 35.5 Å². The van der Waals surface area contributed by atoms with Crippen LogP contribution in [0.25, 0.3) is 0 Å². The highest BCUT2D eigenvalue weighted by molar-refractivity contribution is 6.76. The Bertz CT molecular complexity index is 482. The Hall–Kier alpha value is -1.34. The molecule has 0 spiro atoms. The largest absolute Gasteiger partial charge is 0.467 e. The van der Waals surface area contributed by atoms with Crippen molar-refractivity contribution in [3.63, 3.8) is 0 Å². The van der Waals surface area contributed by atoms with Crippen molar-refractivity contribution < 1.29 is 27.4 Å². The van der Waals surface area contributed by atoms with Gasteiger partial charge in [0.05, 0.1) is 14.3 Å². The Balaban J connectivity index is 3.23. The molecule has 0 heterocycles. The van der Waals surface area contributed by atoms with Crippen LogP contribution < -0.4 is 0 Å². The van der Waals surface area contributed by atoms with Crippen LogP contribution in [-0.4, -0.2) is 33.6 Å². The van der Waals surface area contributed by atoms with Gasteiger partial charge in [-0.15, -0.1) is 0 Å². The number of rotatable bonds is 5. The molecule has 0 aliphatic heterocycles. The second-order valence-electron chi connectivity index (χ2n) is 5.89. The zero-order chi connectivity index (χ0) is 16.3. The molecule has 0 fully saturated rings. The van der Waals surface area contributed by atoms with Crippen LogP contribution in [0.2, 0.25) is 19.6 Å².